The fourth-order valence-corrected chi connectivity index (χ4v) is 2.48. The fraction of sp³-hybridized carbons (Fsp3) is 0.273. The van der Waals surface area contributed by atoms with Crippen molar-refractivity contribution >= 4 is 11.7 Å². The number of carbonyl (C=O) groups excluding carboxylic acids is 2. The third-order valence-corrected chi connectivity index (χ3v) is 3.80. The number of hydrogen-bond acceptors (Lipinski definition) is 3. The summed E-state index contributed by atoms with van der Waals surface area (Å²) in [4.78, 5) is 22.1. The minimum atomic E-state index is -0.674. The van der Waals surface area contributed by atoms with Gasteiger partial charge in [-0.25, -0.2) is 0 Å². The average molecular weight is 349 g/mol. The monoisotopic (exact) mass is 349 g/mol. The molecule has 4 nitrogen and oxygen atoms in total. The first-order valence-electron chi connectivity index (χ1n) is 8.73. The molecule has 0 bridgehead atoms. The van der Waals surface area contributed by atoms with Crippen LogP contribution in [-0.2, 0) is 9.59 Å². The van der Waals surface area contributed by atoms with Gasteiger partial charge in [-0.05, 0) is 48.6 Å². The molecule has 0 aromatic heterocycles. The number of ether oxygens (including phenoxy) is 1. The number of Topliss-reactive ketones (excluding diaryl/α,β-unsaturated/α-hetero) is 1. The van der Waals surface area contributed by atoms with E-state index in [1.165, 1.54) is 0 Å². The van der Waals surface area contributed by atoms with Gasteiger partial charge >= 0.3 is 0 Å². The molecule has 1 amide bonds. The molecule has 0 radical (unpaired) electrons. The van der Waals surface area contributed by atoms with Crippen LogP contribution in [0.2, 0.25) is 0 Å². The number of rotatable bonds is 8. The molecule has 4 heteroatoms. The molecule has 2 aromatic rings. The van der Waals surface area contributed by atoms with Crippen molar-refractivity contribution in [1.82, 2.24) is 0 Å². The molecule has 26 heavy (non-hydrogen) atoms. The molecule has 2 N–H and O–H groups in total. The Kier molecular flexibility index (Phi) is 7.45. The summed E-state index contributed by atoms with van der Waals surface area (Å²) in [6.07, 6.45) is 2.80. The van der Waals surface area contributed by atoms with Crippen molar-refractivity contribution in [2.75, 3.05) is 0 Å². The predicted molar refractivity (Wildman–Crippen MR) is 101 cm³/mol. The van der Waals surface area contributed by atoms with E-state index in [1.807, 2.05) is 30.3 Å². The standard InChI is InChI=1S/C22H23NO3/c1-2-3-9-21(18-7-5-4-6-8-18)26-20-14-11-17(12-15-20)10-13-19(24)16-22(23)25/h4-8,11-12,14-15,21H,2-3,9,16H2,1H3,(H2,23,25). The lowest BCUT2D eigenvalue weighted by atomic mass is 10.0. The van der Waals surface area contributed by atoms with E-state index in [0.717, 1.165) is 30.6 Å². The summed E-state index contributed by atoms with van der Waals surface area (Å²) >= 11 is 0. The Morgan fingerprint density at radius 2 is 1.77 bits per heavy atom. The Morgan fingerprint density at radius 3 is 2.38 bits per heavy atom. The van der Waals surface area contributed by atoms with E-state index in [9.17, 15) is 9.59 Å². The Bertz CT molecular complexity index is 786. The van der Waals surface area contributed by atoms with Crippen LogP contribution in [0.3, 0.4) is 0 Å². The molecule has 2 aromatic carbocycles. The van der Waals surface area contributed by atoms with Crippen LogP contribution in [0.1, 0.15) is 49.8 Å². The van der Waals surface area contributed by atoms with Gasteiger partial charge in [-0.2, -0.15) is 0 Å². The van der Waals surface area contributed by atoms with Crippen LogP contribution in [0, 0.1) is 11.8 Å². The summed E-state index contributed by atoms with van der Waals surface area (Å²) in [5, 5.41) is 0. The number of nitrogens with two attached hydrogens (primary N) is 1. The molecule has 0 heterocycles. The van der Waals surface area contributed by atoms with Crippen LogP contribution in [0.15, 0.2) is 54.6 Å². The molecular formula is C22H23NO3. The van der Waals surface area contributed by atoms with Gasteiger partial charge in [0, 0.05) is 5.56 Å². The van der Waals surface area contributed by atoms with E-state index < -0.39 is 11.7 Å². The lowest BCUT2D eigenvalue weighted by Gasteiger charge is -2.19. The van der Waals surface area contributed by atoms with E-state index in [2.05, 4.69) is 30.9 Å². The third-order valence-electron chi connectivity index (χ3n) is 3.80. The molecule has 1 unspecified atom stereocenters. The number of unbranched alkanes of at least 4 members (excludes halogenated alkanes) is 1. The highest BCUT2D eigenvalue weighted by Crippen LogP contribution is 2.26. The Hall–Kier alpha value is -3.06. The summed E-state index contributed by atoms with van der Waals surface area (Å²) in [6.45, 7) is 2.16. The number of benzene rings is 2. The van der Waals surface area contributed by atoms with Crippen LogP contribution in [-0.4, -0.2) is 11.7 Å². The lowest BCUT2D eigenvalue weighted by Crippen LogP contribution is -2.14. The zero-order chi connectivity index (χ0) is 18.8. The largest absolute Gasteiger partial charge is 0.486 e. The first-order chi connectivity index (χ1) is 12.6. The van der Waals surface area contributed by atoms with Gasteiger partial charge in [0.2, 0.25) is 11.7 Å². The van der Waals surface area contributed by atoms with Gasteiger partial charge in [0.25, 0.3) is 0 Å². The molecule has 134 valence electrons. The topological polar surface area (TPSA) is 69.4 Å². The molecule has 0 aliphatic rings. The normalized spacial score (nSPS) is 11.1. The smallest absolute Gasteiger partial charge is 0.225 e. The van der Waals surface area contributed by atoms with Gasteiger partial charge in [-0.3, -0.25) is 9.59 Å². The number of ketones is 1. The average Bonchev–Trinajstić information content (AvgIpc) is 2.64. The summed E-state index contributed by atoms with van der Waals surface area (Å²) in [5.74, 6) is 4.74. The van der Waals surface area contributed by atoms with E-state index in [0.29, 0.717) is 5.56 Å². The van der Waals surface area contributed by atoms with Gasteiger partial charge in [0.15, 0.2) is 0 Å². The molecule has 0 aliphatic heterocycles. The lowest BCUT2D eigenvalue weighted by molar-refractivity contribution is -0.123. The summed E-state index contributed by atoms with van der Waals surface area (Å²) in [5.41, 5.74) is 6.80. The summed E-state index contributed by atoms with van der Waals surface area (Å²) < 4.78 is 6.16. The highest BCUT2D eigenvalue weighted by molar-refractivity contribution is 6.06. The Morgan fingerprint density at radius 1 is 1.08 bits per heavy atom. The predicted octanol–water partition coefficient (Wildman–Crippen LogP) is 3.79. The minimum Gasteiger partial charge on any atom is -0.486 e. The second kappa shape index (κ2) is 10.0. The molecule has 1 atom stereocenters. The van der Waals surface area contributed by atoms with Crippen molar-refractivity contribution in [1.29, 1.82) is 0 Å². The van der Waals surface area contributed by atoms with E-state index in [-0.39, 0.29) is 12.5 Å². The van der Waals surface area contributed by atoms with E-state index in [4.69, 9.17) is 10.5 Å². The van der Waals surface area contributed by atoms with E-state index >= 15 is 0 Å². The highest BCUT2D eigenvalue weighted by Gasteiger charge is 2.12. The van der Waals surface area contributed by atoms with Crippen LogP contribution >= 0.6 is 0 Å². The van der Waals surface area contributed by atoms with Crippen LogP contribution in [0.5, 0.6) is 5.75 Å². The molecule has 0 aliphatic carbocycles. The Balaban J connectivity index is 2.05. The highest BCUT2D eigenvalue weighted by atomic mass is 16.5. The zero-order valence-electron chi connectivity index (χ0n) is 14.9. The maximum absolute atomic E-state index is 11.4. The molecule has 0 saturated heterocycles. The molecule has 0 spiro atoms. The van der Waals surface area contributed by atoms with Crippen LogP contribution in [0.4, 0.5) is 0 Å². The number of hydrogen-bond donors (Lipinski definition) is 1. The summed E-state index contributed by atoms with van der Waals surface area (Å²) in [7, 11) is 0. The molecule has 0 fully saturated rings. The van der Waals surface area contributed by atoms with Gasteiger partial charge in [-0.15, -0.1) is 0 Å². The maximum atomic E-state index is 11.4. The zero-order valence-corrected chi connectivity index (χ0v) is 14.9. The van der Waals surface area contributed by atoms with Crippen LogP contribution in [0.25, 0.3) is 0 Å². The van der Waals surface area contributed by atoms with Crippen molar-refractivity contribution in [2.45, 2.75) is 38.7 Å². The van der Waals surface area contributed by atoms with Crippen molar-refractivity contribution in [3.8, 4) is 17.6 Å². The van der Waals surface area contributed by atoms with Crippen molar-refractivity contribution in [2.24, 2.45) is 5.73 Å². The molecule has 2 rings (SSSR count). The second-order valence-corrected chi connectivity index (χ2v) is 6.00. The number of primary amides is 1. The molecular weight excluding hydrogens is 326 g/mol. The van der Waals surface area contributed by atoms with Crippen molar-refractivity contribution in [3.63, 3.8) is 0 Å². The first-order valence-corrected chi connectivity index (χ1v) is 8.73. The first kappa shape index (κ1) is 19.3. The van der Waals surface area contributed by atoms with E-state index in [1.54, 1.807) is 12.1 Å². The SMILES string of the molecule is CCCCC(Oc1ccc(C#CC(=O)CC(N)=O)cc1)c1ccccc1. The molecule has 0 saturated carbocycles. The van der Waals surface area contributed by atoms with Crippen molar-refractivity contribution < 1.29 is 14.3 Å². The Labute approximate surface area is 154 Å². The third kappa shape index (κ3) is 6.45. The van der Waals surface area contributed by atoms with Gasteiger partial charge in [0.1, 0.15) is 11.9 Å². The fourth-order valence-electron chi connectivity index (χ4n) is 2.48. The minimum absolute atomic E-state index is 0.00484. The van der Waals surface area contributed by atoms with Gasteiger partial charge in [-0.1, -0.05) is 49.6 Å². The maximum Gasteiger partial charge on any atom is 0.225 e. The van der Waals surface area contributed by atoms with Gasteiger partial charge < -0.3 is 10.5 Å². The quantitative estimate of drug-likeness (QED) is 0.582. The number of amides is 1. The van der Waals surface area contributed by atoms with Gasteiger partial charge in [0.05, 0.1) is 6.42 Å². The van der Waals surface area contributed by atoms with Crippen molar-refractivity contribution in [3.05, 3.63) is 65.7 Å². The second-order valence-electron chi connectivity index (χ2n) is 6.00. The number of carbonyl (C=O) groups is 2. The summed E-state index contributed by atoms with van der Waals surface area (Å²) in [6, 6.07) is 17.4. The van der Waals surface area contributed by atoms with Crippen LogP contribution < -0.4 is 10.5 Å².